The van der Waals surface area contributed by atoms with Crippen molar-refractivity contribution < 1.29 is 4.79 Å². The molecule has 0 atom stereocenters. The van der Waals surface area contributed by atoms with Gasteiger partial charge in [0.25, 0.3) is 0 Å². The molecule has 5 nitrogen and oxygen atoms in total. The molecule has 22 heavy (non-hydrogen) atoms. The molecular weight excluding hydrogens is 276 g/mol. The molecule has 1 aromatic rings. The van der Waals surface area contributed by atoms with Crippen LogP contribution in [0.2, 0.25) is 0 Å². The van der Waals surface area contributed by atoms with E-state index in [1.54, 1.807) is 6.20 Å². The highest BCUT2D eigenvalue weighted by atomic mass is 16.2. The number of hydrogen-bond donors (Lipinski definition) is 0. The fourth-order valence-corrected chi connectivity index (χ4v) is 3.15. The largest absolute Gasteiger partial charge is 0.344 e. The van der Waals surface area contributed by atoms with Crippen molar-refractivity contribution >= 4 is 5.91 Å². The Balaban J connectivity index is 1.77. The number of aromatic nitrogens is 2. The molecule has 2 rings (SSSR count). The van der Waals surface area contributed by atoms with Gasteiger partial charge in [0.2, 0.25) is 5.91 Å². The van der Waals surface area contributed by atoms with Gasteiger partial charge in [0.15, 0.2) is 0 Å². The van der Waals surface area contributed by atoms with Gasteiger partial charge in [0.1, 0.15) is 0 Å². The van der Waals surface area contributed by atoms with Crippen molar-refractivity contribution in [1.29, 1.82) is 0 Å². The first kappa shape index (κ1) is 17.0. The lowest BCUT2D eigenvalue weighted by Gasteiger charge is -2.32. The third-order valence-corrected chi connectivity index (χ3v) is 5.09. The second kappa shape index (κ2) is 7.77. The van der Waals surface area contributed by atoms with E-state index >= 15 is 0 Å². The Morgan fingerprint density at radius 1 is 1.27 bits per heavy atom. The molecule has 0 spiro atoms. The predicted molar refractivity (Wildman–Crippen MR) is 88.8 cm³/mol. The summed E-state index contributed by atoms with van der Waals surface area (Å²) in [6.07, 6.45) is 8.95. The molecule has 1 saturated carbocycles. The Hall–Kier alpha value is -1.36. The van der Waals surface area contributed by atoms with E-state index in [9.17, 15) is 4.79 Å². The van der Waals surface area contributed by atoms with E-state index in [0.29, 0.717) is 12.5 Å². The molecule has 0 N–H and O–H groups in total. The molecule has 0 saturated heterocycles. The van der Waals surface area contributed by atoms with Gasteiger partial charge < -0.3 is 9.80 Å². The Bertz CT molecular complexity index is 491. The molecule has 1 amide bonds. The highest BCUT2D eigenvalue weighted by molar-refractivity contribution is 5.78. The molecule has 1 fully saturated rings. The van der Waals surface area contributed by atoms with E-state index in [4.69, 9.17) is 0 Å². The Kier molecular flexibility index (Phi) is 6.00. The summed E-state index contributed by atoms with van der Waals surface area (Å²) in [6, 6.07) is 0.706. The van der Waals surface area contributed by atoms with Gasteiger partial charge in [-0.3, -0.25) is 9.48 Å². The second-order valence-corrected chi connectivity index (χ2v) is 6.64. The maximum Gasteiger partial charge on any atom is 0.226 e. The van der Waals surface area contributed by atoms with Crippen LogP contribution in [-0.2, 0) is 18.3 Å². The number of carbonyl (C=O) groups is 1. The maximum atomic E-state index is 12.3. The van der Waals surface area contributed by atoms with Crippen LogP contribution in [0.15, 0.2) is 6.20 Å². The normalized spacial score (nSPS) is 16.2. The molecule has 0 unspecified atom stereocenters. The molecule has 0 aromatic carbocycles. The van der Waals surface area contributed by atoms with Gasteiger partial charge in [-0.15, -0.1) is 0 Å². The number of aryl methyl sites for hydroxylation is 1. The van der Waals surface area contributed by atoms with Crippen LogP contribution in [0.4, 0.5) is 0 Å². The fourth-order valence-electron chi connectivity index (χ4n) is 3.15. The van der Waals surface area contributed by atoms with E-state index < -0.39 is 0 Å². The van der Waals surface area contributed by atoms with Gasteiger partial charge in [-0.25, -0.2) is 0 Å². The first-order chi connectivity index (χ1) is 10.5. The van der Waals surface area contributed by atoms with Crippen molar-refractivity contribution in [2.24, 2.45) is 7.05 Å². The summed E-state index contributed by atoms with van der Waals surface area (Å²) in [7, 11) is 6.01. The molecule has 1 aromatic heterocycles. The lowest BCUT2D eigenvalue weighted by atomic mass is 9.94. The van der Waals surface area contributed by atoms with Crippen LogP contribution in [0.3, 0.4) is 0 Å². The number of amides is 1. The van der Waals surface area contributed by atoms with E-state index in [1.807, 2.05) is 30.6 Å². The molecule has 0 radical (unpaired) electrons. The predicted octanol–water partition coefficient (Wildman–Crippen LogP) is 1.99. The molecule has 5 heteroatoms. The van der Waals surface area contributed by atoms with Crippen molar-refractivity contribution in [3.8, 4) is 0 Å². The zero-order chi connectivity index (χ0) is 16.1. The molecular formula is C17H30N4O. The number of nitrogens with zero attached hydrogens (tertiary/aromatic N) is 4. The van der Waals surface area contributed by atoms with Crippen LogP contribution in [0.25, 0.3) is 0 Å². The maximum absolute atomic E-state index is 12.3. The van der Waals surface area contributed by atoms with E-state index in [2.05, 4.69) is 17.0 Å². The van der Waals surface area contributed by atoms with Gasteiger partial charge in [0, 0.05) is 44.5 Å². The van der Waals surface area contributed by atoms with Crippen LogP contribution in [0.1, 0.15) is 43.4 Å². The van der Waals surface area contributed by atoms with Gasteiger partial charge in [-0.2, -0.15) is 5.10 Å². The number of likely N-dealkylation sites (N-methyl/N-ethyl adjacent to an activating group) is 2. The van der Waals surface area contributed by atoms with E-state index in [1.165, 1.54) is 32.1 Å². The quantitative estimate of drug-likeness (QED) is 0.807. The third-order valence-electron chi connectivity index (χ3n) is 5.09. The van der Waals surface area contributed by atoms with Crippen molar-refractivity contribution in [2.75, 3.05) is 27.2 Å². The smallest absolute Gasteiger partial charge is 0.226 e. The van der Waals surface area contributed by atoms with Gasteiger partial charge in [0.05, 0.1) is 12.6 Å². The zero-order valence-corrected chi connectivity index (χ0v) is 14.5. The van der Waals surface area contributed by atoms with Crippen LogP contribution < -0.4 is 0 Å². The minimum Gasteiger partial charge on any atom is -0.344 e. The Morgan fingerprint density at radius 3 is 2.55 bits per heavy atom. The fraction of sp³-hybridized carbons (Fsp3) is 0.765. The van der Waals surface area contributed by atoms with Crippen LogP contribution in [-0.4, -0.2) is 58.7 Å². The summed E-state index contributed by atoms with van der Waals surface area (Å²) in [5.74, 6) is 0.174. The number of carbonyl (C=O) groups excluding carboxylic acids is 1. The van der Waals surface area contributed by atoms with Gasteiger partial charge in [-0.1, -0.05) is 19.3 Å². The van der Waals surface area contributed by atoms with Crippen molar-refractivity contribution in [1.82, 2.24) is 19.6 Å². The highest BCUT2D eigenvalue weighted by Gasteiger charge is 2.19. The second-order valence-electron chi connectivity index (χ2n) is 6.64. The molecule has 1 heterocycles. The van der Waals surface area contributed by atoms with Crippen molar-refractivity contribution in [3.05, 3.63) is 17.5 Å². The third kappa shape index (κ3) is 4.32. The van der Waals surface area contributed by atoms with E-state index in [-0.39, 0.29) is 5.91 Å². The van der Waals surface area contributed by atoms with Crippen LogP contribution >= 0.6 is 0 Å². The summed E-state index contributed by atoms with van der Waals surface area (Å²) in [4.78, 5) is 16.6. The summed E-state index contributed by atoms with van der Waals surface area (Å²) in [5.41, 5.74) is 2.10. The van der Waals surface area contributed by atoms with E-state index in [0.717, 1.165) is 24.3 Å². The van der Waals surface area contributed by atoms with Crippen molar-refractivity contribution in [3.63, 3.8) is 0 Å². The Morgan fingerprint density at radius 2 is 1.95 bits per heavy atom. The number of rotatable bonds is 6. The lowest BCUT2D eigenvalue weighted by Crippen LogP contribution is -2.40. The summed E-state index contributed by atoms with van der Waals surface area (Å²) >= 11 is 0. The lowest BCUT2D eigenvalue weighted by molar-refractivity contribution is -0.129. The monoisotopic (exact) mass is 306 g/mol. The first-order valence-electron chi connectivity index (χ1n) is 8.40. The molecule has 0 bridgehead atoms. The SMILES string of the molecule is Cc1c(CC(=O)N(C)CCN(C)C2CCCCC2)cnn1C. The highest BCUT2D eigenvalue weighted by Crippen LogP contribution is 2.21. The summed E-state index contributed by atoms with van der Waals surface area (Å²) in [6.45, 7) is 3.76. The molecule has 0 aliphatic heterocycles. The standard InChI is InChI=1S/C17H30N4O/c1-14-15(13-18-21(14)4)12-17(22)20(3)11-10-19(2)16-8-6-5-7-9-16/h13,16H,5-12H2,1-4H3. The average Bonchev–Trinajstić information content (AvgIpc) is 2.85. The minimum atomic E-state index is 0.174. The van der Waals surface area contributed by atoms with Crippen molar-refractivity contribution in [2.45, 2.75) is 51.5 Å². The minimum absolute atomic E-state index is 0.174. The van der Waals surface area contributed by atoms with Gasteiger partial charge in [-0.05, 0) is 26.8 Å². The summed E-state index contributed by atoms with van der Waals surface area (Å²) < 4.78 is 1.82. The topological polar surface area (TPSA) is 41.4 Å². The Labute approximate surface area is 134 Å². The molecule has 1 aliphatic rings. The van der Waals surface area contributed by atoms with Crippen LogP contribution in [0.5, 0.6) is 0 Å². The first-order valence-corrected chi connectivity index (χ1v) is 8.40. The van der Waals surface area contributed by atoms with Crippen LogP contribution in [0, 0.1) is 6.92 Å². The zero-order valence-electron chi connectivity index (χ0n) is 14.5. The average molecular weight is 306 g/mol. The summed E-state index contributed by atoms with van der Waals surface area (Å²) in [5, 5.41) is 4.20. The molecule has 124 valence electrons. The number of hydrogen-bond acceptors (Lipinski definition) is 3. The molecule has 1 aliphatic carbocycles. The van der Waals surface area contributed by atoms with Gasteiger partial charge >= 0.3 is 0 Å².